The third kappa shape index (κ3) is 56.3. The van der Waals surface area contributed by atoms with Gasteiger partial charge in [-0.15, -0.1) is 0 Å². The van der Waals surface area contributed by atoms with Gasteiger partial charge in [-0.2, -0.15) is 0 Å². The van der Waals surface area contributed by atoms with Crippen LogP contribution in [-0.4, -0.2) is 21.9 Å². The second-order valence-corrected chi connectivity index (χ2v) is 0. The van der Waals surface area contributed by atoms with Gasteiger partial charge in [-0.25, -0.2) is 0 Å². The van der Waals surface area contributed by atoms with E-state index >= 15 is 0 Å². The number of hydrogen-bond donors (Lipinski definition) is 0. The summed E-state index contributed by atoms with van der Waals surface area (Å²) in [6, 6.07) is 0. The first kappa shape index (κ1) is 107. The molecule has 0 aromatic rings. The van der Waals surface area contributed by atoms with Crippen LogP contribution < -0.4 is 59.1 Å². The molecule has 40 valence electrons. The molecule has 0 aromatic heterocycles. The van der Waals surface area contributed by atoms with Crippen LogP contribution >= 0.6 is 0 Å². The monoisotopic (exact) mass is 168 g/mol. The largest absolute Gasteiger partial charge is 1.00 e. The van der Waals surface area contributed by atoms with Crippen molar-refractivity contribution < 1.29 is 106 Å². The van der Waals surface area contributed by atoms with E-state index in [2.05, 4.69) is 0 Å². The molecule has 0 aromatic carbocycles. The Balaban J connectivity index is 0. The fourth-order valence-corrected chi connectivity index (χ4v) is 0. The Morgan fingerprint density at radius 3 is 0.571 bits per heavy atom. The molecule has 0 bridgehead atoms. The van der Waals surface area contributed by atoms with E-state index in [1.54, 1.807) is 0 Å². The molecule has 7 heavy (non-hydrogen) atoms. The van der Waals surface area contributed by atoms with Crippen LogP contribution in [0, 0.1) is 0 Å². The van der Waals surface area contributed by atoms with Crippen LogP contribution in [-0.2, 0) is 21.7 Å². The van der Waals surface area contributed by atoms with E-state index in [0.717, 1.165) is 0 Å². The Morgan fingerprint density at radius 2 is 0.571 bits per heavy atom. The molecule has 0 fully saturated rings. The van der Waals surface area contributed by atoms with Crippen LogP contribution in [0.15, 0.2) is 0 Å². The molecule has 0 heterocycles. The Hall–Kier alpha value is 2.55. The quantitative estimate of drug-likeness (QED) is 0.318. The third-order valence-electron chi connectivity index (χ3n) is 0. The maximum absolute atomic E-state index is 0. The SMILES string of the molecule is O.O.O.O.[H-].[H-].[Na+].[Na+].[Ti]. The molecule has 4 nitrogen and oxygen atoms in total. The van der Waals surface area contributed by atoms with Gasteiger partial charge in [0, 0.05) is 21.7 Å². The van der Waals surface area contributed by atoms with Crippen molar-refractivity contribution in [2.24, 2.45) is 0 Å². The second-order valence-electron chi connectivity index (χ2n) is 0. The van der Waals surface area contributed by atoms with E-state index in [4.69, 9.17) is 0 Å². The topological polar surface area (TPSA) is 126 Å². The zero-order valence-electron chi connectivity index (χ0n) is 6.50. The minimum atomic E-state index is 0. The Morgan fingerprint density at radius 1 is 0.571 bits per heavy atom. The van der Waals surface area contributed by atoms with Crippen molar-refractivity contribution in [2.45, 2.75) is 0 Å². The molecule has 0 rings (SSSR count). The average molecular weight is 168 g/mol. The van der Waals surface area contributed by atoms with E-state index in [0.29, 0.717) is 0 Å². The molecule has 0 atom stereocenters. The van der Waals surface area contributed by atoms with Gasteiger partial charge in [-0.3, -0.25) is 0 Å². The van der Waals surface area contributed by atoms with Gasteiger partial charge in [0.25, 0.3) is 0 Å². The van der Waals surface area contributed by atoms with Gasteiger partial charge in [0.05, 0.1) is 0 Å². The predicted octanol–water partition coefficient (Wildman–Crippen LogP) is -9.07. The molecule has 0 aliphatic carbocycles. The van der Waals surface area contributed by atoms with Crippen LogP contribution in [0.1, 0.15) is 2.85 Å². The zero-order chi connectivity index (χ0) is 0. The van der Waals surface area contributed by atoms with Gasteiger partial charge in [-0.1, -0.05) is 0 Å². The summed E-state index contributed by atoms with van der Waals surface area (Å²) in [5.41, 5.74) is 0. The smallest absolute Gasteiger partial charge is 1.00 e. The summed E-state index contributed by atoms with van der Waals surface area (Å²) in [5, 5.41) is 0. The van der Waals surface area contributed by atoms with Crippen LogP contribution in [0.2, 0.25) is 0 Å². The number of hydrogen-bond acceptors (Lipinski definition) is 0. The summed E-state index contributed by atoms with van der Waals surface area (Å²) in [6.45, 7) is 0. The number of rotatable bonds is 0. The van der Waals surface area contributed by atoms with E-state index in [1.807, 2.05) is 0 Å². The third-order valence-corrected chi connectivity index (χ3v) is 0. The van der Waals surface area contributed by atoms with E-state index in [1.165, 1.54) is 0 Å². The molecule has 0 aliphatic heterocycles. The van der Waals surface area contributed by atoms with Crippen molar-refractivity contribution in [1.82, 2.24) is 0 Å². The van der Waals surface area contributed by atoms with Gasteiger partial charge in [0.2, 0.25) is 0 Å². The molecular weight excluding hydrogens is 158 g/mol. The van der Waals surface area contributed by atoms with Crippen molar-refractivity contribution in [2.75, 3.05) is 0 Å². The molecular formula is H10Na2O4Ti. The van der Waals surface area contributed by atoms with Crippen LogP contribution in [0.3, 0.4) is 0 Å². The Kier molecular flexibility index (Phi) is 1150. The molecule has 7 heteroatoms. The van der Waals surface area contributed by atoms with Crippen molar-refractivity contribution in [3.05, 3.63) is 0 Å². The Bertz CT molecular complexity index is 16.5. The molecule has 0 spiro atoms. The fraction of sp³-hybridized carbons (Fsp3) is 0. The average Bonchev–Trinajstić information content (AvgIpc) is 0. The molecule has 0 unspecified atom stereocenters. The Labute approximate surface area is 104 Å². The van der Waals surface area contributed by atoms with Crippen LogP contribution in [0.25, 0.3) is 0 Å². The standard InChI is InChI=1S/2Na.4H2O.Ti.2H/h;;4*1H2;;;/q2*+1;;;;;;2*-1. The fourth-order valence-electron chi connectivity index (χ4n) is 0. The minimum Gasteiger partial charge on any atom is -1.00 e. The summed E-state index contributed by atoms with van der Waals surface area (Å²) in [7, 11) is 0. The van der Waals surface area contributed by atoms with Crippen molar-refractivity contribution in [3.8, 4) is 0 Å². The molecule has 0 saturated carbocycles. The van der Waals surface area contributed by atoms with Crippen molar-refractivity contribution >= 4 is 0 Å². The maximum atomic E-state index is 0. The van der Waals surface area contributed by atoms with Gasteiger partial charge >= 0.3 is 59.1 Å². The van der Waals surface area contributed by atoms with Crippen LogP contribution in [0.4, 0.5) is 0 Å². The van der Waals surface area contributed by atoms with Crippen molar-refractivity contribution in [3.63, 3.8) is 0 Å². The first-order valence-corrected chi connectivity index (χ1v) is 0. The molecule has 0 aliphatic rings. The minimum absolute atomic E-state index is 0. The summed E-state index contributed by atoms with van der Waals surface area (Å²) in [6.07, 6.45) is 0. The summed E-state index contributed by atoms with van der Waals surface area (Å²) < 4.78 is 0. The van der Waals surface area contributed by atoms with Gasteiger partial charge in [-0.05, 0) is 0 Å². The predicted molar refractivity (Wildman–Crippen MR) is 16.7 cm³/mol. The molecule has 8 N–H and O–H groups in total. The van der Waals surface area contributed by atoms with Gasteiger partial charge < -0.3 is 24.8 Å². The van der Waals surface area contributed by atoms with Gasteiger partial charge in [0.1, 0.15) is 0 Å². The van der Waals surface area contributed by atoms with Crippen molar-refractivity contribution in [1.29, 1.82) is 0 Å². The summed E-state index contributed by atoms with van der Waals surface area (Å²) in [4.78, 5) is 0. The van der Waals surface area contributed by atoms with Gasteiger partial charge in [0.15, 0.2) is 0 Å². The molecule has 0 amide bonds. The van der Waals surface area contributed by atoms with Crippen LogP contribution in [0.5, 0.6) is 0 Å². The zero-order valence-corrected chi connectivity index (χ0v) is 10.1. The second kappa shape index (κ2) is 74.8. The molecule has 0 saturated heterocycles. The van der Waals surface area contributed by atoms with E-state index in [9.17, 15) is 0 Å². The summed E-state index contributed by atoms with van der Waals surface area (Å²) >= 11 is 0. The molecule has 0 radical (unpaired) electrons. The normalized spacial score (nSPS) is 0. The first-order chi connectivity index (χ1) is 0. The first-order valence-electron chi connectivity index (χ1n) is 0. The summed E-state index contributed by atoms with van der Waals surface area (Å²) in [5.74, 6) is 0. The van der Waals surface area contributed by atoms with E-state index < -0.39 is 0 Å². The maximum Gasteiger partial charge on any atom is 1.00 e. The van der Waals surface area contributed by atoms with E-state index in [-0.39, 0.29) is 106 Å².